The number of nitrogens with one attached hydrogen (secondary N) is 1. The molecule has 2 aromatic heterocycles. The van der Waals surface area contributed by atoms with Crippen LogP contribution < -0.4 is 5.32 Å². The molecule has 0 unspecified atom stereocenters. The van der Waals surface area contributed by atoms with Gasteiger partial charge in [0.15, 0.2) is 5.76 Å². The van der Waals surface area contributed by atoms with Crippen molar-refractivity contribution >= 4 is 0 Å². The Morgan fingerprint density at radius 2 is 2.44 bits per heavy atom. The van der Waals surface area contributed by atoms with Crippen LogP contribution in [0, 0.1) is 0 Å². The van der Waals surface area contributed by atoms with Gasteiger partial charge in [-0.1, -0.05) is 12.1 Å². The number of rotatable bonds is 6. The van der Waals surface area contributed by atoms with Gasteiger partial charge in [0.1, 0.15) is 0 Å². The maximum atomic E-state index is 5.23. The number of aromatic nitrogens is 3. The molecule has 0 aromatic carbocycles. The molecule has 0 aliphatic carbocycles. The highest BCUT2D eigenvalue weighted by atomic mass is 16.5. The number of hydrogen-bond donors (Lipinski definition) is 1. The first-order valence-electron chi connectivity index (χ1n) is 5.49. The minimum Gasteiger partial charge on any atom is -0.359 e. The third kappa shape index (κ3) is 2.93. The van der Waals surface area contributed by atoms with Crippen LogP contribution in [-0.2, 0) is 13.1 Å². The van der Waals surface area contributed by atoms with E-state index < -0.39 is 0 Å². The van der Waals surface area contributed by atoms with Crippen LogP contribution in [0.1, 0.15) is 24.8 Å². The fraction of sp³-hybridized carbons (Fsp3) is 0.455. The Balaban J connectivity index is 1.87. The molecule has 5 heteroatoms. The van der Waals surface area contributed by atoms with Gasteiger partial charge in [0, 0.05) is 25.0 Å². The van der Waals surface area contributed by atoms with Gasteiger partial charge in [0.05, 0.1) is 18.6 Å². The van der Waals surface area contributed by atoms with E-state index in [2.05, 4.69) is 22.4 Å². The van der Waals surface area contributed by atoms with Gasteiger partial charge in [-0.05, 0) is 13.0 Å². The zero-order valence-corrected chi connectivity index (χ0v) is 9.39. The average molecular weight is 220 g/mol. The Hall–Kier alpha value is -1.62. The van der Waals surface area contributed by atoms with Crippen molar-refractivity contribution in [2.45, 2.75) is 26.4 Å². The topological polar surface area (TPSA) is 55.9 Å². The predicted molar refractivity (Wildman–Crippen MR) is 59.8 cm³/mol. The number of nitrogens with zero attached hydrogens (tertiary/aromatic N) is 3. The van der Waals surface area contributed by atoms with Gasteiger partial charge < -0.3 is 14.4 Å². The van der Waals surface area contributed by atoms with Crippen LogP contribution >= 0.6 is 0 Å². The third-order valence-corrected chi connectivity index (χ3v) is 2.24. The van der Waals surface area contributed by atoms with Crippen LogP contribution in [0.3, 0.4) is 0 Å². The summed E-state index contributed by atoms with van der Waals surface area (Å²) in [4.78, 5) is 3.97. The largest absolute Gasteiger partial charge is 0.359 e. The summed E-state index contributed by atoms with van der Waals surface area (Å²) in [5.74, 6) is 0.853. The molecule has 2 aromatic rings. The molecule has 0 bridgehead atoms. The van der Waals surface area contributed by atoms with Crippen LogP contribution in [0.15, 0.2) is 29.3 Å². The average Bonchev–Trinajstić information content (AvgIpc) is 2.91. The predicted octanol–water partition coefficient (Wildman–Crippen LogP) is 1.42. The van der Waals surface area contributed by atoms with Crippen LogP contribution in [0.2, 0.25) is 0 Å². The molecule has 1 N–H and O–H groups in total. The SMILES string of the molecule is CCCNCc1cc(Cn2ccnc2)on1. The molecule has 0 saturated carbocycles. The van der Waals surface area contributed by atoms with Crippen molar-refractivity contribution in [2.75, 3.05) is 6.54 Å². The summed E-state index contributed by atoms with van der Waals surface area (Å²) in [5, 5.41) is 7.28. The van der Waals surface area contributed by atoms with Crippen molar-refractivity contribution in [3.05, 3.63) is 36.2 Å². The van der Waals surface area contributed by atoms with E-state index in [1.54, 1.807) is 12.5 Å². The van der Waals surface area contributed by atoms with Gasteiger partial charge in [0.25, 0.3) is 0 Å². The van der Waals surface area contributed by atoms with E-state index in [0.717, 1.165) is 31.0 Å². The molecule has 0 fully saturated rings. The fourth-order valence-electron chi connectivity index (χ4n) is 1.47. The summed E-state index contributed by atoms with van der Waals surface area (Å²) < 4.78 is 7.18. The fourth-order valence-corrected chi connectivity index (χ4v) is 1.47. The van der Waals surface area contributed by atoms with Crippen LogP contribution in [0.4, 0.5) is 0 Å². The highest BCUT2D eigenvalue weighted by molar-refractivity contribution is 5.05. The van der Waals surface area contributed by atoms with E-state index in [1.165, 1.54) is 0 Å². The molecular formula is C11H16N4O. The van der Waals surface area contributed by atoms with Gasteiger partial charge in [0.2, 0.25) is 0 Å². The lowest BCUT2D eigenvalue weighted by molar-refractivity contribution is 0.369. The summed E-state index contributed by atoms with van der Waals surface area (Å²) in [6.45, 7) is 4.59. The van der Waals surface area contributed by atoms with E-state index >= 15 is 0 Å². The van der Waals surface area contributed by atoms with Crippen molar-refractivity contribution in [1.82, 2.24) is 20.0 Å². The standard InChI is InChI=1S/C11H16N4O/c1-2-3-12-7-10-6-11(16-14-10)8-15-5-4-13-9-15/h4-6,9,12H,2-3,7-8H2,1H3. The van der Waals surface area contributed by atoms with Gasteiger partial charge in [-0.15, -0.1) is 0 Å². The summed E-state index contributed by atoms with van der Waals surface area (Å²) >= 11 is 0. The molecule has 0 atom stereocenters. The van der Waals surface area contributed by atoms with E-state index in [1.807, 2.05) is 16.8 Å². The van der Waals surface area contributed by atoms with Crippen molar-refractivity contribution in [1.29, 1.82) is 0 Å². The van der Waals surface area contributed by atoms with Crippen molar-refractivity contribution in [2.24, 2.45) is 0 Å². The summed E-state index contributed by atoms with van der Waals surface area (Å²) in [7, 11) is 0. The summed E-state index contributed by atoms with van der Waals surface area (Å²) in [5.41, 5.74) is 0.948. The molecule has 5 nitrogen and oxygen atoms in total. The highest BCUT2D eigenvalue weighted by Gasteiger charge is 2.03. The van der Waals surface area contributed by atoms with Gasteiger partial charge in [-0.25, -0.2) is 4.98 Å². The van der Waals surface area contributed by atoms with Crippen LogP contribution in [0.25, 0.3) is 0 Å². The van der Waals surface area contributed by atoms with Crippen molar-refractivity contribution in [3.63, 3.8) is 0 Å². The quantitative estimate of drug-likeness (QED) is 0.748. The lowest BCUT2D eigenvalue weighted by atomic mass is 10.3. The Labute approximate surface area is 94.5 Å². The number of imidazole rings is 1. The van der Waals surface area contributed by atoms with E-state index in [9.17, 15) is 0 Å². The molecule has 0 radical (unpaired) electrons. The Kier molecular flexibility index (Phi) is 3.71. The van der Waals surface area contributed by atoms with E-state index in [4.69, 9.17) is 4.52 Å². The van der Waals surface area contributed by atoms with E-state index in [-0.39, 0.29) is 0 Å². The van der Waals surface area contributed by atoms with Crippen molar-refractivity contribution < 1.29 is 4.52 Å². The lowest BCUT2D eigenvalue weighted by Gasteiger charge is -1.96. The zero-order chi connectivity index (χ0) is 11.2. The van der Waals surface area contributed by atoms with Gasteiger partial charge >= 0.3 is 0 Å². The second-order valence-corrected chi connectivity index (χ2v) is 3.70. The lowest BCUT2D eigenvalue weighted by Crippen LogP contribution is -2.13. The van der Waals surface area contributed by atoms with Crippen LogP contribution in [0.5, 0.6) is 0 Å². The monoisotopic (exact) mass is 220 g/mol. The minimum atomic E-state index is 0.681. The molecule has 0 amide bonds. The van der Waals surface area contributed by atoms with Crippen LogP contribution in [-0.4, -0.2) is 21.3 Å². The molecule has 0 spiro atoms. The molecule has 86 valence electrons. The first-order chi connectivity index (χ1) is 7.88. The van der Waals surface area contributed by atoms with E-state index in [0.29, 0.717) is 6.54 Å². The Bertz CT molecular complexity index is 407. The molecule has 0 saturated heterocycles. The smallest absolute Gasteiger partial charge is 0.156 e. The highest BCUT2D eigenvalue weighted by Crippen LogP contribution is 2.05. The molecule has 16 heavy (non-hydrogen) atoms. The first-order valence-corrected chi connectivity index (χ1v) is 5.49. The zero-order valence-electron chi connectivity index (χ0n) is 9.39. The summed E-state index contributed by atoms with van der Waals surface area (Å²) in [6, 6.07) is 1.97. The van der Waals surface area contributed by atoms with Crippen molar-refractivity contribution in [3.8, 4) is 0 Å². The third-order valence-electron chi connectivity index (χ3n) is 2.24. The molecule has 0 aliphatic heterocycles. The molecule has 2 rings (SSSR count). The Morgan fingerprint density at radius 1 is 1.50 bits per heavy atom. The molecule has 2 heterocycles. The minimum absolute atomic E-state index is 0.681. The Morgan fingerprint density at radius 3 is 3.19 bits per heavy atom. The maximum Gasteiger partial charge on any atom is 0.156 e. The second-order valence-electron chi connectivity index (χ2n) is 3.70. The van der Waals surface area contributed by atoms with Gasteiger partial charge in [-0.3, -0.25) is 0 Å². The normalized spacial score (nSPS) is 10.8. The number of hydrogen-bond acceptors (Lipinski definition) is 4. The first kappa shape index (κ1) is 10.9. The summed E-state index contributed by atoms with van der Waals surface area (Å²) in [6.07, 6.45) is 6.54. The molecule has 0 aliphatic rings. The second kappa shape index (κ2) is 5.46. The maximum absolute atomic E-state index is 5.23. The van der Waals surface area contributed by atoms with Gasteiger partial charge in [-0.2, -0.15) is 0 Å². The molecular weight excluding hydrogens is 204 g/mol.